The summed E-state index contributed by atoms with van der Waals surface area (Å²) in [7, 11) is 0. The first-order chi connectivity index (χ1) is 21.9. The van der Waals surface area contributed by atoms with Crippen LogP contribution in [0.5, 0.6) is 0 Å². The van der Waals surface area contributed by atoms with Crippen LogP contribution in [0.4, 0.5) is 0 Å². The molecular formula is C42H36Cl2HfN2. The molecule has 0 N–H and O–H groups in total. The van der Waals surface area contributed by atoms with Gasteiger partial charge in [0.15, 0.2) is 0 Å². The maximum absolute atomic E-state index is 3.60. The van der Waals surface area contributed by atoms with Gasteiger partial charge in [0.2, 0.25) is 0 Å². The van der Waals surface area contributed by atoms with Gasteiger partial charge < -0.3 is 33.9 Å². The standard InChI is InChI=1S/2C21H18N.2ClH.Hf/c2*1-2-8-16-15(7-1)13-14-21(16)22-19-11-5-3-9-17(19)18-10-4-6-12-20(18)22;;;/h2*1-3,5,7-9,11,13,21H,4,6,10,12H2;2*1H;/q2*-1;;;+4/p-2. The van der Waals surface area contributed by atoms with E-state index >= 15 is 0 Å². The number of rotatable bonds is 2. The molecule has 5 heteroatoms. The zero-order valence-corrected chi connectivity index (χ0v) is 31.5. The van der Waals surface area contributed by atoms with Gasteiger partial charge in [-0.15, -0.1) is 23.3 Å². The molecule has 0 saturated heterocycles. The SMILES string of the molecule is [C-]1=Cc2ccccc2C1n1c2c(c3ccccc31)CCCC2.[C-]1=Cc2ccccc2C1n1c2c(c3ccccc31)CCCC2.[Cl-].[Cl-].[Hf+4]. The van der Waals surface area contributed by atoms with Gasteiger partial charge in [0.05, 0.1) is 0 Å². The molecule has 0 spiro atoms. The van der Waals surface area contributed by atoms with Crippen molar-refractivity contribution in [3.05, 3.63) is 154 Å². The summed E-state index contributed by atoms with van der Waals surface area (Å²) in [4.78, 5) is 0. The summed E-state index contributed by atoms with van der Waals surface area (Å²) in [5.74, 6) is 0. The van der Waals surface area contributed by atoms with Crippen LogP contribution in [0.15, 0.2) is 97.1 Å². The number of para-hydroxylation sites is 2. The van der Waals surface area contributed by atoms with Crippen LogP contribution in [-0.2, 0) is 51.5 Å². The second-order valence-electron chi connectivity index (χ2n) is 12.7. The first-order valence-corrected chi connectivity index (χ1v) is 16.4. The van der Waals surface area contributed by atoms with Gasteiger partial charge in [0.25, 0.3) is 0 Å². The van der Waals surface area contributed by atoms with E-state index in [-0.39, 0.29) is 62.7 Å². The summed E-state index contributed by atoms with van der Waals surface area (Å²) in [6, 6.07) is 35.7. The van der Waals surface area contributed by atoms with Gasteiger partial charge in [-0.05, 0) is 86.7 Å². The fourth-order valence-electron chi connectivity index (χ4n) is 8.38. The van der Waals surface area contributed by atoms with Crippen LogP contribution in [0.2, 0.25) is 0 Å². The van der Waals surface area contributed by atoms with Crippen LogP contribution in [0.3, 0.4) is 0 Å². The molecule has 2 atom stereocenters. The number of allylic oxidation sites excluding steroid dienone is 2. The minimum Gasteiger partial charge on any atom is -1.00 e. The zero-order chi connectivity index (χ0) is 29.0. The first-order valence-electron chi connectivity index (χ1n) is 16.4. The summed E-state index contributed by atoms with van der Waals surface area (Å²) >= 11 is 0. The normalized spacial score (nSPS) is 18.1. The fraction of sp³-hybridized carbons (Fsp3) is 0.238. The fourth-order valence-corrected chi connectivity index (χ4v) is 8.38. The molecule has 0 radical (unpaired) electrons. The smallest absolute Gasteiger partial charge is 1.00 e. The Morgan fingerprint density at radius 3 is 1.32 bits per heavy atom. The quantitative estimate of drug-likeness (QED) is 0.186. The Hall–Kier alpha value is -3.11. The zero-order valence-electron chi connectivity index (χ0n) is 26.4. The van der Waals surface area contributed by atoms with Crippen molar-refractivity contribution in [2.75, 3.05) is 0 Å². The molecule has 4 aliphatic rings. The van der Waals surface area contributed by atoms with Crippen molar-refractivity contribution in [1.82, 2.24) is 9.13 Å². The first kappa shape index (κ1) is 33.8. The molecule has 2 aromatic heterocycles. The Morgan fingerprint density at radius 2 is 0.851 bits per heavy atom. The maximum Gasteiger partial charge on any atom is 4.00 e. The average molecular weight is 818 g/mol. The third-order valence-corrected chi connectivity index (χ3v) is 10.3. The van der Waals surface area contributed by atoms with E-state index in [4.69, 9.17) is 0 Å². The van der Waals surface area contributed by atoms with E-state index in [9.17, 15) is 0 Å². The van der Waals surface area contributed by atoms with Crippen molar-refractivity contribution in [2.24, 2.45) is 0 Å². The van der Waals surface area contributed by atoms with Crippen molar-refractivity contribution in [2.45, 2.75) is 63.5 Å². The van der Waals surface area contributed by atoms with Crippen molar-refractivity contribution < 1.29 is 50.7 Å². The number of aromatic nitrogens is 2. The van der Waals surface area contributed by atoms with Gasteiger partial charge in [0, 0.05) is 33.2 Å². The molecule has 0 aliphatic heterocycles. The third-order valence-electron chi connectivity index (χ3n) is 10.3. The Bertz CT molecular complexity index is 1970. The number of fused-ring (bicyclic) bond motifs is 8. The van der Waals surface area contributed by atoms with E-state index < -0.39 is 0 Å². The molecule has 232 valence electrons. The van der Waals surface area contributed by atoms with Gasteiger partial charge in [-0.3, -0.25) is 0 Å². The van der Waals surface area contributed by atoms with Crippen LogP contribution in [0, 0.1) is 12.2 Å². The second kappa shape index (κ2) is 14.2. The number of aryl methyl sites for hydroxylation is 2. The Kier molecular flexibility index (Phi) is 10.2. The summed E-state index contributed by atoms with van der Waals surface area (Å²) in [6.45, 7) is 0. The maximum atomic E-state index is 3.60. The van der Waals surface area contributed by atoms with Crippen LogP contribution in [0.1, 0.15) is 82.5 Å². The monoisotopic (exact) mass is 818 g/mol. The van der Waals surface area contributed by atoms with Crippen molar-refractivity contribution in [1.29, 1.82) is 0 Å². The minimum atomic E-state index is 0. The van der Waals surface area contributed by atoms with Gasteiger partial charge in [-0.1, -0.05) is 72.8 Å². The summed E-state index contributed by atoms with van der Waals surface area (Å²) in [6.07, 6.45) is 21.6. The van der Waals surface area contributed by atoms with Crippen LogP contribution in [0.25, 0.3) is 34.0 Å². The third kappa shape index (κ3) is 5.63. The van der Waals surface area contributed by atoms with E-state index in [2.05, 4.69) is 131 Å². The Balaban J connectivity index is 0.000000155. The van der Waals surface area contributed by atoms with Crippen molar-refractivity contribution in [3.8, 4) is 0 Å². The molecule has 2 unspecified atom stereocenters. The number of benzene rings is 4. The molecule has 2 nitrogen and oxygen atoms in total. The van der Waals surface area contributed by atoms with Crippen LogP contribution in [-0.4, -0.2) is 9.13 Å². The van der Waals surface area contributed by atoms with Gasteiger partial charge >= 0.3 is 25.8 Å². The van der Waals surface area contributed by atoms with Gasteiger partial charge in [0.1, 0.15) is 0 Å². The molecule has 6 aromatic rings. The van der Waals surface area contributed by atoms with E-state index in [1.165, 1.54) is 107 Å². The van der Waals surface area contributed by atoms with Gasteiger partial charge in [-0.2, -0.15) is 11.1 Å². The summed E-state index contributed by atoms with van der Waals surface area (Å²) in [5.41, 5.74) is 14.4. The van der Waals surface area contributed by atoms with E-state index in [0.29, 0.717) is 0 Å². The Morgan fingerprint density at radius 1 is 0.468 bits per heavy atom. The molecule has 47 heavy (non-hydrogen) atoms. The molecular weight excluding hydrogens is 782 g/mol. The van der Waals surface area contributed by atoms with Crippen molar-refractivity contribution in [3.63, 3.8) is 0 Å². The van der Waals surface area contributed by atoms with Crippen molar-refractivity contribution >= 4 is 34.0 Å². The second-order valence-corrected chi connectivity index (χ2v) is 12.7. The van der Waals surface area contributed by atoms with E-state index in [1.807, 2.05) is 0 Å². The predicted molar refractivity (Wildman–Crippen MR) is 182 cm³/mol. The molecule has 4 aromatic carbocycles. The number of nitrogens with zero attached hydrogens (tertiary/aromatic N) is 2. The largest absolute Gasteiger partial charge is 4.00 e. The van der Waals surface area contributed by atoms with Crippen LogP contribution < -0.4 is 24.8 Å². The minimum absolute atomic E-state index is 0. The van der Waals surface area contributed by atoms with Gasteiger partial charge in [-0.25, -0.2) is 24.3 Å². The molecule has 4 aliphatic carbocycles. The number of hydrogen-bond donors (Lipinski definition) is 0. The molecule has 0 bridgehead atoms. The molecule has 0 saturated carbocycles. The predicted octanol–water partition coefficient (Wildman–Crippen LogP) is 3.88. The summed E-state index contributed by atoms with van der Waals surface area (Å²) in [5, 5.41) is 2.90. The molecule has 10 rings (SSSR count). The number of halogens is 2. The average Bonchev–Trinajstić information content (AvgIpc) is 3.86. The Labute approximate surface area is 309 Å². The van der Waals surface area contributed by atoms with E-state index in [1.54, 1.807) is 11.1 Å². The van der Waals surface area contributed by atoms with E-state index in [0.717, 1.165) is 0 Å². The molecule has 0 fully saturated rings. The molecule has 0 amide bonds. The summed E-state index contributed by atoms with van der Waals surface area (Å²) < 4.78 is 5.10. The number of hydrogen-bond acceptors (Lipinski definition) is 0. The van der Waals surface area contributed by atoms with Crippen LogP contribution >= 0.6 is 0 Å². The molecule has 2 heterocycles. The topological polar surface area (TPSA) is 9.86 Å².